The summed E-state index contributed by atoms with van der Waals surface area (Å²) in [7, 11) is 0. The number of likely N-dealkylation sites (tertiary alicyclic amines) is 1. The predicted octanol–water partition coefficient (Wildman–Crippen LogP) is 3.18. The zero-order valence-electron chi connectivity index (χ0n) is 14.4. The highest BCUT2D eigenvalue weighted by Gasteiger charge is 2.21. The van der Waals surface area contributed by atoms with Gasteiger partial charge in [0.15, 0.2) is 0 Å². The average Bonchev–Trinajstić information content (AvgIpc) is 2.57. The van der Waals surface area contributed by atoms with Crippen LogP contribution in [0.2, 0.25) is 0 Å². The first kappa shape index (κ1) is 19.2. The minimum absolute atomic E-state index is 0.144. The summed E-state index contributed by atoms with van der Waals surface area (Å²) in [5.74, 6) is 0.742. The van der Waals surface area contributed by atoms with Crippen LogP contribution in [0.4, 0.5) is 0 Å². The monoisotopic (exact) mass is 399 g/mol. The number of carbonyl (C=O) groups is 1. The van der Waals surface area contributed by atoms with Gasteiger partial charge in [0.1, 0.15) is 12.4 Å². The normalized spacial score (nSPS) is 16.1. The van der Waals surface area contributed by atoms with Gasteiger partial charge in [-0.3, -0.25) is 9.69 Å². The Morgan fingerprint density at radius 2 is 2.04 bits per heavy atom. The Hall–Kier alpha value is -1.11. The Kier molecular flexibility index (Phi) is 8.02. The van der Waals surface area contributed by atoms with Crippen LogP contribution in [0.1, 0.15) is 25.3 Å². The van der Waals surface area contributed by atoms with Gasteiger partial charge in [0.05, 0.1) is 25.9 Å². The molecule has 2 rings (SSSR count). The van der Waals surface area contributed by atoms with Gasteiger partial charge >= 0.3 is 5.97 Å². The van der Waals surface area contributed by atoms with E-state index in [0.29, 0.717) is 26.4 Å². The molecular formula is C18H26BrNO4. The minimum Gasteiger partial charge on any atom is -0.491 e. The Balaban J connectivity index is 1.61. The molecule has 0 bridgehead atoms. The van der Waals surface area contributed by atoms with Gasteiger partial charge in [0.25, 0.3) is 0 Å². The van der Waals surface area contributed by atoms with Crippen molar-refractivity contribution in [2.24, 2.45) is 0 Å². The van der Waals surface area contributed by atoms with Crippen molar-refractivity contribution in [3.63, 3.8) is 0 Å². The molecule has 0 amide bonds. The standard InChI is InChI=1S/C18H26BrNO4/c1-3-22-18(21)13-20-9-7-15(8-10-20)23-11-12-24-17-6-4-5-16(19)14(17)2/h4-6,15H,3,7-13H2,1-2H3. The Morgan fingerprint density at radius 3 is 2.75 bits per heavy atom. The molecule has 0 aromatic heterocycles. The fourth-order valence-electron chi connectivity index (χ4n) is 2.73. The summed E-state index contributed by atoms with van der Waals surface area (Å²) in [6.07, 6.45) is 2.13. The maximum atomic E-state index is 11.5. The number of piperidine rings is 1. The third-order valence-corrected chi connectivity index (χ3v) is 4.96. The Bertz CT molecular complexity index is 530. The second kappa shape index (κ2) is 10.0. The molecule has 24 heavy (non-hydrogen) atoms. The van der Waals surface area contributed by atoms with Gasteiger partial charge < -0.3 is 14.2 Å². The topological polar surface area (TPSA) is 48.0 Å². The fraction of sp³-hybridized carbons (Fsp3) is 0.611. The van der Waals surface area contributed by atoms with Crippen LogP contribution in [-0.4, -0.2) is 56.4 Å². The molecule has 0 atom stereocenters. The highest BCUT2D eigenvalue weighted by Crippen LogP contribution is 2.25. The molecule has 0 aliphatic carbocycles. The van der Waals surface area contributed by atoms with Crippen LogP contribution in [0.25, 0.3) is 0 Å². The van der Waals surface area contributed by atoms with Crippen molar-refractivity contribution in [3.8, 4) is 5.75 Å². The molecule has 0 radical (unpaired) electrons. The molecule has 134 valence electrons. The number of nitrogens with zero attached hydrogens (tertiary/aromatic N) is 1. The van der Waals surface area contributed by atoms with Crippen molar-refractivity contribution >= 4 is 21.9 Å². The molecule has 1 aromatic rings. The SMILES string of the molecule is CCOC(=O)CN1CCC(OCCOc2cccc(Br)c2C)CC1. The third-order valence-electron chi connectivity index (χ3n) is 4.11. The van der Waals surface area contributed by atoms with E-state index in [1.165, 1.54) is 0 Å². The molecule has 1 aromatic carbocycles. The predicted molar refractivity (Wildman–Crippen MR) is 96.4 cm³/mol. The highest BCUT2D eigenvalue weighted by atomic mass is 79.9. The smallest absolute Gasteiger partial charge is 0.320 e. The van der Waals surface area contributed by atoms with Crippen molar-refractivity contribution in [3.05, 3.63) is 28.2 Å². The van der Waals surface area contributed by atoms with Crippen LogP contribution >= 0.6 is 15.9 Å². The lowest BCUT2D eigenvalue weighted by Crippen LogP contribution is -2.40. The molecule has 1 saturated heterocycles. The summed E-state index contributed by atoms with van der Waals surface area (Å²) in [5.41, 5.74) is 1.10. The van der Waals surface area contributed by atoms with Gasteiger partial charge in [-0.25, -0.2) is 0 Å². The number of benzene rings is 1. The van der Waals surface area contributed by atoms with Gasteiger partial charge in [-0.05, 0) is 38.8 Å². The van der Waals surface area contributed by atoms with E-state index in [1.807, 2.05) is 32.0 Å². The van der Waals surface area contributed by atoms with Gasteiger partial charge in [0.2, 0.25) is 0 Å². The van der Waals surface area contributed by atoms with Crippen LogP contribution < -0.4 is 4.74 Å². The maximum absolute atomic E-state index is 11.5. The lowest BCUT2D eigenvalue weighted by molar-refractivity contribution is -0.145. The van der Waals surface area contributed by atoms with Gasteiger partial charge in [-0.1, -0.05) is 22.0 Å². The van der Waals surface area contributed by atoms with Crippen LogP contribution in [0.15, 0.2) is 22.7 Å². The number of rotatable bonds is 8. The summed E-state index contributed by atoms with van der Waals surface area (Å²) < 4.78 is 17.7. The molecule has 0 saturated carbocycles. The van der Waals surface area contributed by atoms with E-state index in [0.717, 1.165) is 41.7 Å². The molecule has 0 unspecified atom stereocenters. The van der Waals surface area contributed by atoms with E-state index in [2.05, 4.69) is 20.8 Å². The second-order valence-corrected chi connectivity index (χ2v) is 6.72. The van der Waals surface area contributed by atoms with Crippen LogP contribution in [0.5, 0.6) is 5.75 Å². The van der Waals surface area contributed by atoms with Crippen molar-refractivity contribution in [1.29, 1.82) is 0 Å². The largest absolute Gasteiger partial charge is 0.491 e. The second-order valence-electron chi connectivity index (χ2n) is 5.86. The first-order valence-electron chi connectivity index (χ1n) is 8.47. The van der Waals surface area contributed by atoms with E-state index < -0.39 is 0 Å². The molecular weight excluding hydrogens is 374 g/mol. The highest BCUT2D eigenvalue weighted by molar-refractivity contribution is 9.10. The summed E-state index contributed by atoms with van der Waals surface area (Å²) in [5, 5.41) is 0. The lowest BCUT2D eigenvalue weighted by Gasteiger charge is -2.31. The number of carbonyl (C=O) groups excluding carboxylic acids is 1. The van der Waals surface area contributed by atoms with Crippen molar-refractivity contribution in [2.45, 2.75) is 32.8 Å². The molecule has 5 nitrogen and oxygen atoms in total. The van der Waals surface area contributed by atoms with Crippen molar-refractivity contribution < 1.29 is 19.0 Å². The molecule has 1 heterocycles. The number of hydrogen-bond acceptors (Lipinski definition) is 5. The summed E-state index contributed by atoms with van der Waals surface area (Å²) in [4.78, 5) is 13.6. The van der Waals surface area contributed by atoms with Crippen molar-refractivity contribution in [2.75, 3.05) is 39.5 Å². The van der Waals surface area contributed by atoms with Crippen LogP contribution in [0.3, 0.4) is 0 Å². The number of esters is 1. The van der Waals surface area contributed by atoms with E-state index in [9.17, 15) is 4.79 Å². The quantitative estimate of drug-likeness (QED) is 0.496. The molecule has 1 fully saturated rings. The Labute approximate surface area is 152 Å². The summed E-state index contributed by atoms with van der Waals surface area (Å²) in [6, 6.07) is 5.93. The molecule has 0 spiro atoms. The van der Waals surface area contributed by atoms with E-state index in [1.54, 1.807) is 0 Å². The third kappa shape index (κ3) is 6.07. The summed E-state index contributed by atoms with van der Waals surface area (Å²) >= 11 is 3.50. The molecule has 6 heteroatoms. The fourth-order valence-corrected chi connectivity index (χ4v) is 3.08. The first-order chi connectivity index (χ1) is 11.6. The Morgan fingerprint density at radius 1 is 1.29 bits per heavy atom. The zero-order chi connectivity index (χ0) is 17.4. The molecule has 1 aliphatic heterocycles. The minimum atomic E-state index is -0.144. The van der Waals surface area contributed by atoms with Gasteiger partial charge in [-0.15, -0.1) is 0 Å². The number of hydrogen-bond donors (Lipinski definition) is 0. The number of halogens is 1. The average molecular weight is 400 g/mol. The van der Waals surface area contributed by atoms with Crippen LogP contribution in [-0.2, 0) is 14.3 Å². The van der Waals surface area contributed by atoms with E-state index >= 15 is 0 Å². The first-order valence-corrected chi connectivity index (χ1v) is 9.27. The van der Waals surface area contributed by atoms with Crippen LogP contribution in [0, 0.1) is 6.92 Å². The molecule has 1 aliphatic rings. The van der Waals surface area contributed by atoms with E-state index in [4.69, 9.17) is 14.2 Å². The zero-order valence-corrected chi connectivity index (χ0v) is 16.0. The summed E-state index contributed by atoms with van der Waals surface area (Å²) in [6.45, 7) is 7.54. The van der Waals surface area contributed by atoms with Crippen molar-refractivity contribution in [1.82, 2.24) is 4.90 Å². The molecule has 0 N–H and O–H groups in total. The van der Waals surface area contributed by atoms with Gasteiger partial charge in [-0.2, -0.15) is 0 Å². The lowest BCUT2D eigenvalue weighted by atomic mass is 10.1. The van der Waals surface area contributed by atoms with Gasteiger partial charge in [0, 0.05) is 23.1 Å². The van der Waals surface area contributed by atoms with E-state index in [-0.39, 0.29) is 12.1 Å². The maximum Gasteiger partial charge on any atom is 0.320 e. The number of ether oxygens (including phenoxy) is 3.